The number of aromatic nitrogens is 2. The first-order chi connectivity index (χ1) is 22.5. The van der Waals surface area contributed by atoms with Crippen molar-refractivity contribution in [2.45, 2.75) is 134 Å². The van der Waals surface area contributed by atoms with Crippen molar-refractivity contribution in [3.05, 3.63) is 58.3 Å². The molecule has 4 fully saturated rings. The van der Waals surface area contributed by atoms with Crippen molar-refractivity contribution in [1.82, 2.24) is 25.2 Å². The molecule has 260 valence electrons. The summed E-state index contributed by atoms with van der Waals surface area (Å²) in [6.45, 7) is 10.1. The maximum absolute atomic E-state index is 13.9. The van der Waals surface area contributed by atoms with E-state index in [9.17, 15) is 13.6 Å². The summed E-state index contributed by atoms with van der Waals surface area (Å²) in [5.41, 5.74) is 3.51. The molecule has 2 aliphatic carbocycles. The lowest BCUT2D eigenvalue weighted by molar-refractivity contribution is -0.619. The van der Waals surface area contributed by atoms with Crippen LogP contribution >= 0.6 is 0 Å². The topological polar surface area (TPSA) is 132 Å². The Morgan fingerprint density at radius 3 is 2.57 bits per heavy atom. The van der Waals surface area contributed by atoms with Crippen molar-refractivity contribution < 1.29 is 22.6 Å². The smallest absolute Gasteiger partial charge is 0.315 e. The van der Waals surface area contributed by atoms with Gasteiger partial charge in [-0.1, -0.05) is 38.5 Å². The van der Waals surface area contributed by atoms with Gasteiger partial charge in [-0.05, 0) is 98.7 Å². The van der Waals surface area contributed by atoms with Crippen molar-refractivity contribution in [2.75, 3.05) is 13.2 Å². The molecule has 6 atom stereocenters. The lowest BCUT2D eigenvalue weighted by Crippen LogP contribution is -2.64. The molecular weight excluding hydrogens is 616 g/mol. The SMILES string of the molecule is Cc1cccc(C)c1C1CC2NC(N1)NS(=O)(=O)C1CCCC(C1)CN(Cc1ncc(OC3CCCC3)c[n+]1[O-])[C@H](CC(C)C)CO2. The number of aryl methyl sites for hydroxylation is 2. The molecule has 2 saturated heterocycles. The van der Waals surface area contributed by atoms with Crippen molar-refractivity contribution in [3.63, 3.8) is 0 Å². The number of nitrogens with one attached hydrogen (secondary N) is 3. The van der Waals surface area contributed by atoms with Gasteiger partial charge in [0, 0.05) is 25.0 Å². The van der Waals surface area contributed by atoms with Crippen LogP contribution in [0.15, 0.2) is 30.6 Å². The molecule has 4 aliphatic rings. The monoisotopic (exact) mass is 670 g/mol. The number of hydrogen-bond donors (Lipinski definition) is 3. The van der Waals surface area contributed by atoms with E-state index in [2.05, 4.69) is 71.1 Å². The average Bonchev–Trinajstić information content (AvgIpc) is 3.52. The van der Waals surface area contributed by atoms with Crippen LogP contribution in [0, 0.1) is 30.9 Å². The van der Waals surface area contributed by atoms with E-state index in [0.29, 0.717) is 56.5 Å². The molecule has 3 N–H and O–H groups in total. The number of benzene rings is 1. The minimum atomic E-state index is -3.63. The van der Waals surface area contributed by atoms with Gasteiger partial charge < -0.3 is 14.7 Å². The highest BCUT2D eigenvalue weighted by molar-refractivity contribution is 7.90. The minimum absolute atomic E-state index is 0.0192. The third-order valence-electron chi connectivity index (χ3n) is 10.5. The number of rotatable bonds is 7. The second-order valence-electron chi connectivity index (χ2n) is 14.8. The van der Waals surface area contributed by atoms with Crippen LogP contribution in [0.2, 0.25) is 0 Å². The molecule has 0 amide bonds. The quantitative estimate of drug-likeness (QED) is 0.291. The number of ether oxygens (including phenoxy) is 2. The van der Waals surface area contributed by atoms with Crippen LogP contribution in [-0.2, 0) is 21.3 Å². The molecule has 11 nitrogen and oxygen atoms in total. The zero-order valence-corrected chi connectivity index (χ0v) is 29.3. The molecular formula is C35H54N6O5S. The van der Waals surface area contributed by atoms with E-state index in [1.165, 1.54) is 22.9 Å². The molecule has 2 aromatic rings. The summed E-state index contributed by atoms with van der Waals surface area (Å²) in [5.74, 6) is 1.50. The van der Waals surface area contributed by atoms with E-state index < -0.39 is 21.6 Å². The minimum Gasteiger partial charge on any atom is -0.711 e. The van der Waals surface area contributed by atoms with Crippen molar-refractivity contribution >= 4 is 10.0 Å². The van der Waals surface area contributed by atoms with Gasteiger partial charge >= 0.3 is 5.82 Å². The molecule has 2 saturated carbocycles. The number of nitrogens with zero attached hydrogens (tertiary/aromatic N) is 3. The van der Waals surface area contributed by atoms with Crippen LogP contribution in [0.4, 0.5) is 0 Å². The van der Waals surface area contributed by atoms with E-state index in [0.717, 1.165) is 49.7 Å². The van der Waals surface area contributed by atoms with Gasteiger partial charge in [-0.25, -0.2) is 13.1 Å². The third-order valence-corrected chi connectivity index (χ3v) is 12.4. The van der Waals surface area contributed by atoms with Crippen LogP contribution < -0.4 is 24.8 Å². The Bertz CT molecular complexity index is 1450. The van der Waals surface area contributed by atoms with Gasteiger partial charge in [0.15, 0.2) is 6.20 Å². The summed E-state index contributed by atoms with van der Waals surface area (Å²) in [5, 5.41) is 19.8. The molecule has 3 heterocycles. The Morgan fingerprint density at radius 1 is 1.09 bits per heavy atom. The molecule has 0 spiro atoms. The second kappa shape index (κ2) is 15.0. The molecule has 2 aliphatic heterocycles. The fraction of sp³-hybridized carbons (Fsp3) is 0.714. The Labute approximate surface area is 280 Å². The second-order valence-corrected chi connectivity index (χ2v) is 16.8. The zero-order chi connectivity index (χ0) is 33.1. The largest absolute Gasteiger partial charge is 0.711 e. The van der Waals surface area contributed by atoms with Crippen LogP contribution in [-0.4, -0.2) is 61.4 Å². The van der Waals surface area contributed by atoms with Gasteiger partial charge in [-0.15, -0.1) is 0 Å². The van der Waals surface area contributed by atoms with Gasteiger partial charge in [0.25, 0.3) is 0 Å². The summed E-state index contributed by atoms with van der Waals surface area (Å²) in [7, 11) is -3.63. The van der Waals surface area contributed by atoms with Crippen molar-refractivity contribution in [3.8, 4) is 5.75 Å². The maximum Gasteiger partial charge on any atom is 0.315 e. The van der Waals surface area contributed by atoms with Crippen molar-refractivity contribution in [2.24, 2.45) is 11.8 Å². The normalized spacial score (nSPS) is 30.7. The first-order valence-corrected chi connectivity index (χ1v) is 19.3. The summed E-state index contributed by atoms with van der Waals surface area (Å²) in [6, 6.07) is 6.19. The average molecular weight is 671 g/mol. The zero-order valence-electron chi connectivity index (χ0n) is 28.5. The fourth-order valence-electron chi connectivity index (χ4n) is 8.24. The molecule has 0 radical (unpaired) electrons. The van der Waals surface area contributed by atoms with Crippen molar-refractivity contribution in [1.29, 1.82) is 0 Å². The lowest BCUT2D eigenvalue weighted by Gasteiger charge is -2.40. The van der Waals surface area contributed by atoms with E-state index in [1.807, 2.05) is 0 Å². The molecule has 5 unspecified atom stereocenters. The fourth-order valence-corrected chi connectivity index (χ4v) is 9.90. The highest BCUT2D eigenvalue weighted by Gasteiger charge is 2.39. The molecule has 4 bridgehead atoms. The van der Waals surface area contributed by atoms with Gasteiger partial charge in [-0.3, -0.25) is 15.5 Å². The van der Waals surface area contributed by atoms with E-state index in [1.54, 1.807) is 6.20 Å². The molecule has 1 aromatic carbocycles. The third kappa shape index (κ3) is 8.63. The Balaban J connectivity index is 1.29. The molecule has 47 heavy (non-hydrogen) atoms. The summed E-state index contributed by atoms with van der Waals surface area (Å²) >= 11 is 0. The first-order valence-electron chi connectivity index (χ1n) is 17.7. The number of fused-ring (bicyclic) bond motifs is 4. The predicted octanol–water partition coefficient (Wildman–Crippen LogP) is 4.31. The van der Waals surface area contributed by atoms with Crippen LogP contribution in [0.5, 0.6) is 5.75 Å². The van der Waals surface area contributed by atoms with Crippen LogP contribution in [0.3, 0.4) is 0 Å². The standard InChI is InChI=1S/C35H54N6O5S/c1-23(2)15-27-22-45-33-17-31(34-24(3)9-7-10-25(34)4)37-35(38-33)39-47(43,44)30-14-8-11-26(16-30)19-40(27)21-32-36-18-29(20-41(32)42)46-28-12-5-6-13-28/h7,9-10,18,20,23,26-28,30-31,33,35,37-39H,5-6,8,11-17,19,21-22H2,1-4H3/t26?,27-,30?,31?,33?,35?/m1/s1. The van der Waals surface area contributed by atoms with Gasteiger partial charge in [0.1, 0.15) is 25.3 Å². The Hall–Kier alpha value is -2.35. The number of sulfonamides is 1. The summed E-state index contributed by atoms with van der Waals surface area (Å²) in [4.78, 5) is 6.94. The first kappa shape index (κ1) is 34.5. The van der Waals surface area contributed by atoms with Crippen LogP contribution in [0.1, 0.15) is 107 Å². The summed E-state index contributed by atoms with van der Waals surface area (Å²) in [6.07, 6.45) is 11.2. The van der Waals surface area contributed by atoms with Gasteiger partial charge in [0.05, 0.1) is 18.0 Å². The maximum atomic E-state index is 13.9. The highest BCUT2D eigenvalue weighted by atomic mass is 32.2. The predicted molar refractivity (Wildman–Crippen MR) is 181 cm³/mol. The lowest BCUT2D eigenvalue weighted by atomic mass is 9.87. The van der Waals surface area contributed by atoms with E-state index >= 15 is 0 Å². The van der Waals surface area contributed by atoms with E-state index in [4.69, 9.17) is 9.47 Å². The molecule has 12 heteroatoms. The van der Waals surface area contributed by atoms with Crippen LogP contribution in [0.25, 0.3) is 0 Å². The summed E-state index contributed by atoms with van der Waals surface area (Å²) < 4.78 is 44.3. The Kier molecular flexibility index (Phi) is 11.0. The number of hydrogen-bond acceptors (Lipinski definition) is 9. The highest BCUT2D eigenvalue weighted by Crippen LogP contribution is 2.33. The Morgan fingerprint density at radius 2 is 1.85 bits per heavy atom. The molecule has 6 rings (SSSR count). The molecule has 1 aromatic heterocycles. The van der Waals surface area contributed by atoms with Gasteiger partial charge in [-0.2, -0.15) is 4.72 Å². The van der Waals surface area contributed by atoms with Gasteiger partial charge in [0.2, 0.25) is 15.8 Å². The van der Waals surface area contributed by atoms with E-state index in [-0.39, 0.29) is 30.3 Å².